The van der Waals surface area contributed by atoms with Crippen molar-refractivity contribution in [2.45, 2.75) is 23.8 Å². The first kappa shape index (κ1) is 13.3. The highest BCUT2D eigenvalue weighted by molar-refractivity contribution is 7.89. The molecule has 0 saturated heterocycles. The van der Waals surface area contributed by atoms with Crippen LogP contribution < -0.4 is 5.56 Å². The molecule has 0 unspecified atom stereocenters. The van der Waals surface area contributed by atoms with E-state index in [0.29, 0.717) is 19.4 Å². The number of H-pyrrole nitrogens is 1. The van der Waals surface area contributed by atoms with E-state index in [9.17, 15) is 18.3 Å². The molecule has 0 atom stereocenters. The zero-order valence-electron chi connectivity index (χ0n) is 10.0. The number of nitrogens with one attached hydrogen (secondary N) is 1. The van der Waals surface area contributed by atoms with E-state index in [2.05, 4.69) is 4.98 Å². The van der Waals surface area contributed by atoms with Gasteiger partial charge in [0.25, 0.3) is 0 Å². The second-order valence-corrected chi connectivity index (χ2v) is 6.71. The van der Waals surface area contributed by atoms with Gasteiger partial charge < -0.3 is 10.1 Å². The lowest BCUT2D eigenvalue weighted by molar-refractivity contribution is 0.0367. The number of nitrogens with zero attached hydrogens (tertiary/aromatic N) is 1. The Hall–Kier alpha value is -1.18. The van der Waals surface area contributed by atoms with Crippen molar-refractivity contribution in [3.63, 3.8) is 0 Å². The van der Waals surface area contributed by atoms with E-state index in [-0.39, 0.29) is 22.5 Å². The largest absolute Gasteiger partial charge is 0.393 e. The lowest BCUT2D eigenvalue weighted by Gasteiger charge is -2.34. The highest BCUT2D eigenvalue weighted by atomic mass is 32.2. The van der Waals surface area contributed by atoms with Crippen molar-refractivity contribution < 1.29 is 13.5 Å². The van der Waals surface area contributed by atoms with Gasteiger partial charge in [-0.2, -0.15) is 0 Å². The van der Waals surface area contributed by atoms with Crippen molar-refractivity contribution >= 4 is 10.0 Å². The van der Waals surface area contributed by atoms with Crippen molar-refractivity contribution in [3.8, 4) is 0 Å². The van der Waals surface area contributed by atoms with Crippen molar-refractivity contribution in [3.05, 3.63) is 28.7 Å². The Labute approximate surface area is 105 Å². The second-order valence-electron chi connectivity index (χ2n) is 4.67. The summed E-state index contributed by atoms with van der Waals surface area (Å²) in [6.07, 6.45) is 2.19. The molecule has 6 nitrogen and oxygen atoms in total. The molecule has 1 saturated carbocycles. The van der Waals surface area contributed by atoms with Gasteiger partial charge in [0.2, 0.25) is 15.6 Å². The van der Waals surface area contributed by atoms with E-state index in [4.69, 9.17) is 0 Å². The summed E-state index contributed by atoms with van der Waals surface area (Å²) < 4.78 is 25.5. The Morgan fingerprint density at radius 2 is 2.11 bits per heavy atom. The van der Waals surface area contributed by atoms with Crippen LogP contribution in [0.2, 0.25) is 0 Å². The molecular formula is C11H16N2O4S. The van der Waals surface area contributed by atoms with Crippen LogP contribution in [0, 0.1) is 5.92 Å². The molecule has 2 rings (SSSR count). The summed E-state index contributed by atoms with van der Waals surface area (Å²) in [5.74, 6) is 0.211. The molecule has 18 heavy (non-hydrogen) atoms. The van der Waals surface area contributed by atoms with Gasteiger partial charge in [0.05, 0.1) is 11.0 Å². The van der Waals surface area contributed by atoms with Crippen molar-refractivity contribution in [1.82, 2.24) is 9.29 Å². The predicted octanol–water partition coefficient (Wildman–Crippen LogP) is -0.234. The first-order chi connectivity index (χ1) is 8.39. The first-order valence-corrected chi connectivity index (χ1v) is 7.17. The first-order valence-electron chi connectivity index (χ1n) is 5.73. The van der Waals surface area contributed by atoms with Crippen LogP contribution in [0.25, 0.3) is 0 Å². The van der Waals surface area contributed by atoms with Gasteiger partial charge in [-0.3, -0.25) is 4.79 Å². The average molecular weight is 272 g/mol. The molecule has 0 spiro atoms. The average Bonchev–Trinajstić information content (AvgIpc) is 2.27. The minimum atomic E-state index is -3.56. The number of rotatable bonds is 4. The number of hydrogen-bond acceptors (Lipinski definition) is 4. The van der Waals surface area contributed by atoms with Gasteiger partial charge in [-0.15, -0.1) is 0 Å². The van der Waals surface area contributed by atoms with Crippen LogP contribution in [0.5, 0.6) is 0 Å². The molecule has 1 aliphatic rings. The Morgan fingerprint density at radius 3 is 2.61 bits per heavy atom. The van der Waals surface area contributed by atoms with Crippen LogP contribution in [0.3, 0.4) is 0 Å². The molecule has 7 heteroatoms. The van der Waals surface area contributed by atoms with E-state index in [1.54, 1.807) is 0 Å². The maximum Gasteiger partial charge on any atom is 0.247 e. The Kier molecular flexibility index (Phi) is 3.56. The normalized spacial score (nSPS) is 23.9. The Morgan fingerprint density at radius 1 is 1.44 bits per heavy atom. The molecule has 1 heterocycles. The van der Waals surface area contributed by atoms with Crippen LogP contribution >= 0.6 is 0 Å². The van der Waals surface area contributed by atoms with Crippen LogP contribution in [-0.4, -0.2) is 42.5 Å². The van der Waals surface area contributed by atoms with E-state index in [1.165, 1.54) is 29.7 Å². The smallest absolute Gasteiger partial charge is 0.247 e. The molecule has 0 aliphatic heterocycles. The fourth-order valence-electron chi connectivity index (χ4n) is 2.05. The molecule has 0 bridgehead atoms. The molecule has 1 aromatic heterocycles. The molecule has 1 aliphatic carbocycles. The number of aromatic nitrogens is 1. The third-order valence-electron chi connectivity index (χ3n) is 3.19. The van der Waals surface area contributed by atoms with Crippen molar-refractivity contribution in [1.29, 1.82) is 0 Å². The zero-order chi connectivity index (χ0) is 13.3. The van der Waals surface area contributed by atoms with Crippen molar-refractivity contribution in [2.75, 3.05) is 13.6 Å². The zero-order valence-corrected chi connectivity index (χ0v) is 10.9. The third kappa shape index (κ3) is 2.63. The summed E-state index contributed by atoms with van der Waals surface area (Å²) in [5, 5.41) is 9.17. The maximum atomic E-state index is 12.1. The molecule has 0 amide bonds. The summed E-state index contributed by atoms with van der Waals surface area (Å²) in [6.45, 7) is 0.387. The SMILES string of the molecule is CN(CC1CC(O)C1)S(=O)(=O)c1ccc(=O)[nH]c1. The summed E-state index contributed by atoms with van der Waals surface area (Å²) in [6, 6.07) is 2.48. The maximum absolute atomic E-state index is 12.1. The van der Waals surface area contributed by atoms with Crippen LogP contribution in [-0.2, 0) is 10.0 Å². The van der Waals surface area contributed by atoms with E-state index in [1.807, 2.05) is 0 Å². The standard InChI is InChI=1S/C11H16N2O4S/c1-13(7-8-4-9(14)5-8)18(16,17)10-2-3-11(15)12-6-10/h2-3,6,8-9,14H,4-5,7H2,1H3,(H,12,15). The molecule has 0 aromatic carbocycles. The molecule has 1 aromatic rings. The molecular weight excluding hydrogens is 256 g/mol. The fourth-order valence-corrected chi connectivity index (χ4v) is 3.26. The predicted molar refractivity (Wildman–Crippen MR) is 65.6 cm³/mol. The van der Waals surface area contributed by atoms with Gasteiger partial charge in [-0.25, -0.2) is 12.7 Å². The summed E-state index contributed by atoms with van der Waals surface area (Å²) >= 11 is 0. The number of aliphatic hydroxyl groups excluding tert-OH is 1. The number of aromatic amines is 1. The number of sulfonamides is 1. The van der Waals surface area contributed by atoms with Gasteiger partial charge in [0, 0.05) is 25.9 Å². The van der Waals surface area contributed by atoms with Crippen LogP contribution in [0.15, 0.2) is 28.0 Å². The van der Waals surface area contributed by atoms with Crippen molar-refractivity contribution in [2.24, 2.45) is 5.92 Å². The Bertz CT molecular complexity index is 554. The minimum Gasteiger partial charge on any atom is -0.393 e. The second kappa shape index (κ2) is 4.83. The number of hydrogen-bond donors (Lipinski definition) is 2. The molecule has 100 valence electrons. The highest BCUT2D eigenvalue weighted by Crippen LogP contribution is 2.28. The minimum absolute atomic E-state index is 0.0736. The van der Waals surface area contributed by atoms with Gasteiger partial charge in [-0.1, -0.05) is 0 Å². The molecule has 2 N–H and O–H groups in total. The fraction of sp³-hybridized carbons (Fsp3) is 0.545. The van der Waals surface area contributed by atoms with Crippen LogP contribution in [0.4, 0.5) is 0 Å². The molecule has 0 radical (unpaired) electrons. The quantitative estimate of drug-likeness (QED) is 0.792. The van der Waals surface area contributed by atoms with Gasteiger partial charge in [-0.05, 0) is 24.8 Å². The van der Waals surface area contributed by atoms with Gasteiger partial charge in [0.1, 0.15) is 0 Å². The number of aliphatic hydroxyl groups is 1. The van der Waals surface area contributed by atoms with Crippen LogP contribution in [0.1, 0.15) is 12.8 Å². The topological polar surface area (TPSA) is 90.5 Å². The summed E-state index contributed by atoms with van der Waals surface area (Å²) in [5.41, 5.74) is -0.335. The van der Waals surface area contributed by atoms with Gasteiger partial charge >= 0.3 is 0 Å². The summed E-state index contributed by atoms with van der Waals surface area (Å²) in [7, 11) is -2.06. The van der Waals surface area contributed by atoms with E-state index < -0.39 is 10.0 Å². The van der Waals surface area contributed by atoms with Gasteiger partial charge in [0.15, 0.2) is 0 Å². The Balaban J connectivity index is 2.10. The number of pyridine rings is 1. The highest BCUT2D eigenvalue weighted by Gasteiger charge is 2.31. The lowest BCUT2D eigenvalue weighted by atomic mass is 9.82. The van der Waals surface area contributed by atoms with E-state index >= 15 is 0 Å². The lowest BCUT2D eigenvalue weighted by Crippen LogP contribution is -2.39. The van der Waals surface area contributed by atoms with E-state index in [0.717, 1.165) is 0 Å². The summed E-state index contributed by atoms with van der Waals surface area (Å²) in [4.78, 5) is 13.3. The monoisotopic (exact) mass is 272 g/mol. The third-order valence-corrected chi connectivity index (χ3v) is 5.01. The molecule has 1 fully saturated rings.